The van der Waals surface area contributed by atoms with Crippen molar-refractivity contribution in [2.24, 2.45) is 0 Å². The Morgan fingerprint density at radius 2 is 1.20 bits per heavy atom. The first-order valence-corrected chi connectivity index (χ1v) is 9.58. The summed E-state index contributed by atoms with van der Waals surface area (Å²) in [6.45, 7) is 1.24. The third kappa shape index (κ3) is 3.46. The summed E-state index contributed by atoms with van der Waals surface area (Å²) < 4.78 is 6.08. The van der Waals surface area contributed by atoms with E-state index in [1.54, 1.807) is 0 Å². The molecule has 0 aliphatic carbocycles. The van der Waals surface area contributed by atoms with Crippen molar-refractivity contribution in [2.45, 2.75) is 18.5 Å². The lowest BCUT2D eigenvalue weighted by Gasteiger charge is -2.12. The minimum Gasteiger partial charge on any atom is -0.372 e. The quantitative estimate of drug-likeness (QED) is 0.275. The molecule has 0 aliphatic rings. The SMILES string of the molecule is BrCc1ccc(COCc2c3ccccc3cc3ccccc23)cc1. The molecule has 0 heterocycles. The molecule has 1 nitrogen and oxygen atoms in total. The van der Waals surface area contributed by atoms with Gasteiger partial charge in [0.1, 0.15) is 0 Å². The lowest BCUT2D eigenvalue weighted by atomic mass is 9.97. The minimum atomic E-state index is 0.613. The first-order valence-electron chi connectivity index (χ1n) is 8.46. The summed E-state index contributed by atoms with van der Waals surface area (Å²) in [6.07, 6.45) is 0. The van der Waals surface area contributed by atoms with Gasteiger partial charge in [0.25, 0.3) is 0 Å². The molecule has 0 aromatic heterocycles. The summed E-state index contributed by atoms with van der Waals surface area (Å²) in [5.74, 6) is 0. The summed E-state index contributed by atoms with van der Waals surface area (Å²) in [5.41, 5.74) is 3.75. The molecule has 0 amide bonds. The molecule has 124 valence electrons. The average molecular weight is 391 g/mol. The van der Waals surface area contributed by atoms with E-state index in [4.69, 9.17) is 4.74 Å². The van der Waals surface area contributed by atoms with Crippen LogP contribution in [0.15, 0.2) is 78.9 Å². The maximum atomic E-state index is 6.08. The first-order chi connectivity index (χ1) is 12.3. The van der Waals surface area contributed by atoms with Crippen molar-refractivity contribution < 1.29 is 4.74 Å². The van der Waals surface area contributed by atoms with Crippen LogP contribution in [-0.4, -0.2) is 0 Å². The van der Waals surface area contributed by atoms with E-state index >= 15 is 0 Å². The predicted octanol–water partition coefficient (Wildman–Crippen LogP) is 6.60. The lowest BCUT2D eigenvalue weighted by molar-refractivity contribution is 0.109. The summed E-state index contributed by atoms with van der Waals surface area (Å²) in [7, 11) is 0. The van der Waals surface area contributed by atoms with Crippen molar-refractivity contribution in [2.75, 3.05) is 0 Å². The van der Waals surface area contributed by atoms with Crippen molar-refractivity contribution in [1.29, 1.82) is 0 Å². The molecule has 4 aromatic carbocycles. The molecule has 0 aliphatic heterocycles. The molecule has 0 saturated carbocycles. The Morgan fingerprint density at radius 3 is 1.80 bits per heavy atom. The summed E-state index contributed by atoms with van der Waals surface area (Å²) in [5, 5.41) is 5.96. The van der Waals surface area contributed by atoms with Crippen molar-refractivity contribution in [1.82, 2.24) is 0 Å². The van der Waals surface area contributed by atoms with Crippen LogP contribution < -0.4 is 0 Å². The largest absolute Gasteiger partial charge is 0.372 e. The monoisotopic (exact) mass is 390 g/mol. The van der Waals surface area contributed by atoms with Gasteiger partial charge < -0.3 is 4.74 Å². The van der Waals surface area contributed by atoms with Gasteiger partial charge in [-0.1, -0.05) is 88.7 Å². The lowest BCUT2D eigenvalue weighted by Crippen LogP contribution is -1.97. The minimum absolute atomic E-state index is 0.613. The maximum absolute atomic E-state index is 6.08. The molecule has 0 radical (unpaired) electrons. The Labute approximate surface area is 156 Å². The Balaban J connectivity index is 1.62. The van der Waals surface area contributed by atoms with Crippen LogP contribution in [0.25, 0.3) is 21.5 Å². The van der Waals surface area contributed by atoms with Crippen LogP contribution in [0, 0.1) is 0 Å². The van der Waals surface area contributed by atoms with Crippen LogP contribution in [0.1, 0.15) is 16.7 Å². The number of fused-ring (bicyclic) bond motifs is 2. The van der Waals surface area contributed by atoms with Gasteiger partial charge in [-0.15, -0.1) is 0 Å². The molecule has 25 heavy (non-hydrogen) atoms. The summed E-state index contributed by atoms with van der Waals surface area (Å²) >= 11 is 3.48. The van der Waals surface area contributed by atoms with E-state index in [-0.39, 0.29) is 0 Å². The summed E-state index contributed by atoms with van der Waals surface area (Å²) in [4.78, 5) is 0. The average Bonchev–Trinajstić information content (AvgIpc) is 2.68. The highest BCUT2D eigenvalue weighted by Gasteiger charge is 2.07. The molecular weight excluding hydrogens is 372 g/mol. The van der Waals surface area contributed by atoms with Crippen LogP contribution >= 0.6 is 15.9 Å². The van der Waals surface area contributed by atoms with E-state index in [1.165, 1.54) is 38.2 Å². The van der Waals surface area contributed by atoms with Crippen LogP contribution in [0.4, 0.5) is 0 Å². The zero-order chi connectivity index (χ0) is 17.1. The fraction of sp³-hybridized carbons (Fsp3) is 0.130. The number of halogens is 1. The molecule has 0 saturated heterocycles. The van der Waals surface area contributed by atoms with E-state index < -0.39 is 0 Å². The Bertz CT molecular complexity index is 951. The smallest absolute Gasteiger partial charge is 0.0733 e. The van der Waals surface area contributed by atoms with Crippen molar-refractivity contribution in [3.8, 4) is 0 Å². The van der Waals surface area contributed by atoms with Crippen LogP contribution in [0.3, 0.4) is 0 Å². The topological polar surface area (TPSA) is 9.23 Å². The molecular formula is C23H19BrO. The fourth-order valence-electron chi connectivity index (χ4n) is 3.26. The highest BCUT2D eigenvalue weighted by atomic mass is 79.9. The maximum Gasteiger partial charge on any atom is 0.0733 e. The normalized spacial score (nSPS) is 11.2. The Morgan fingerprint density at radius 1 is 0.640 bits per heavy atom. The second-order valence-corrected chi connectivity index (χ2v) is 6.80. The number of rotatable bonds is 5. The first kappa shape index (κ1) is 16.3. The van der Waals surface area contributed by atoms with E-state index in [0.717, 1.165) is 5.33 Å². The molecule has 2 heteroatoms. The number of benzene rings is 4. The van der Waals surface area contributed by atoms with Gasteiger partial charge in [0.05, 0.1) is 13.2 Å². The zero-order valence-electron chi connectivity index (χ0n) is 13.9. The van der Waals surface area contributed by atoms with Gasteiger partial charge in [-0.2, -0.15) is 0 Å². The van der Waals surface area contributed by atoms with Gasteiger partial charge >= 0.3 is 0 Å². The van der Waals surface area contributed by atoms with E-state index in [9.17, 15) is 0 Å². The van der Waals surface area contributed by atoms with Gasteiger partial charge in [-0.05, 0) is 44.3 Å². The zero-order valence-corrected chi connectivity index (χ0v) is 15.5. The number of hydrogen-bond donors (Lipinski definition) is 0. The molecule has 0 atom stereocenters. The van der Waals surface area contributed by atoms with Crippen LogP contribution in [-0.2, 0) is 23.3 Å². The number of hydrogen-bond acceptors (Lipinski definition) is 1. The van der Waals surface area contributed by atoms with Gasteiger partial charge in [-0.3, -0.25) is 0 Å². The van der Waals surface area contributed by atoms with E-state index in [0.29, 0.717) is 13.2 Å². The van der Waals surface area contributed by atoms with E-state index in [2.05, 4.69) is 94.8 Å². The summed E-state index contributed by atoms with van der Waals surface area (Å²) in [6, 6.07) is 27.9. The second kappa shape index (κ2) is 7.38. The van der Waals surface area contributed by atoms with Gasteiger partial charge in [0.2, 0.25) is 0 Å². The predicted molar refractivity (Wildman–Crippen MR) is 109 cm³/mol. The van der Waals surface area contributed by atoms with Crippen molar-refractivity contribution in [3.63, 3.8) is 0 Å². The van der Waals surface area contributed by atoms with Crippen molar-refractivity contribution >= 4 is 37.5 Å². The number of alkyl halides is 1. The standard InChI is InChI=1S/C23H19BrO/c24-14-17-9-11-18(12-10-17)15-25-16-23-21-7-3-1-5-19(21)13-20-6-2-4-8-22(20)23/h1-13H,14-16H2. The fourth-order valence-corrected chi connectivity index (χ4v) is 3.63. The third-order valence-corrected chi connectivity index (χ3v) is 5.22. The molecule has 4 aromatic rings. The van der Waals surface area contributed by atoms with Crippen LogP contribution in [0.2, 0.25) is 0 Å². The van der Waals surface area contributed by atoms with E-state index in [1.807, 2.05) is 0 Å². The second-order valence-electron chi connectivity index (χ2n) is 6.24. The van der Waals surface area contributed by atoms with Crippen LogP contribution in [0.5, 0.6) is 0 Å². The molecule has 0 unspecified atom stereocenters. The van der Waals surface area contributed by atoms with Gasteiger partial charge in [0.15, 0.2) is 0 Å². The third-order valence-electron chi connectivity index (χ3n) is 4.58. The molecule has 0 spiro atoms. The molecule has 0 N–H and O–H groups in total. The van der Waals surface area contributed by atoms with Gasteiger partial charge in [0, 0.05) is 5.33 Å². The van der Waals surface area contributed by atoms with Gasteiger partial charge in [-0.25, -0.2) is 0 Å². The Hall–Kier alpha value is -2.16. The Kier molecular flexibility index (Phi) is 4.82. The molecule has 4 rings (SSSR count). The number of ether oxygens (including phenoxy) is 1. The molecule has 0 fully saturated rings. The highest BCUT2D eigenvalue weighted by molar-refractivity contribution is 9.08. The highest BCUT2D eigenvalue weighted by Crippen LogP contribution is 2.29. The van der Waals surface area contributed by atoms with Crippen molar-refractivity contribution in [3.05, 3.63) is 95.6 Å². The molecule has 0 bridgehead atoms.